The first-order valence-electron chi connectivity index (χ1n) is 5.72. The first-order valence-corrected chi connectivity index (χ1v) is 5.72. The van der Waals surface area contributed by atoms with Gasteiger partial charge in [-0.1, -0.05) is 6.07 Å². The Kier molecular flexibility index (Phi) is 5.17. The van der Waals surface area contributed by atoms with Crippen LogP contribution in [0.2, 0.25) is 0 Å². The van der Waals surface area contributed by atoms with Crippen molar-refractivity contribution in [2.45, 2.75) is 20.3 Å². The minimum absolute atomic E-state index is 0.144. The number of benzene rings is 1. The van der Waals surface area contributed by atoms with Crippen LogP contribution in [0, 0.1) is 13.8 Å². The number of rotatable bonds is 4. The molecule has 0 fully saturated rings. The highest BCUT2D eigenvalue weighted by molar-refractivity contribution is 5.91. The zero-order valence-electron chi connectivity index (χ0n) is 10.9. The van der Waals surface area contributed by atoms with E-state index in [4.69, 9.17) is 0 Å². The van der Waals surface area contributed by atoms with Gasteiger partial charge in [-0.05, 0) is 37.1 Å². The van der Waals surface area contributed by atoms with Gasteiger partial charge in [0.2, 0.25) is 5.91 Å². The van der Waals surface area contributed by atoms with Crippen LogP contribution in [0.1, 0.15) is 17.5 Å². The number of carbonyl (C=O) groups excluding carboxylic acids is 2. The summed E-state index contributed by atoms with van der Waals surface area (Å²) in [7, 11) is 1.28. The van der Waals surface area contributed by atoms with Crippen LogP contribution < -0.4 is 10.6 Å². The van der Waals surface area contributed by atoms with E-state index in [0.29, 0.717) is 0 Å². The van der Waals surface area contributed by atoms with Gasteiger partial charge in [0, 0.05) is 18.7 Å². The minimum atomic E-state index is -0.533. The highest BCUT2D eigenvalue weighted by Gasteiger charge is 2.04. The second kappa shape index (κ2) is 6.64. The molecule has 0 aliphatic heterocycles. The molecular formula is C13H18N2O3. The van der Waals surface area contributed by atoms with Crippen LogP contribution >= 0.6 is 0 Å². The highest BCUT2D eigenvalue weighted by Crippen LogP contribution is 2.14. The second-order valence-corrected chi connectivity index (χ2v) is 4.02. The zero-order valence-corrected chi connectivity index (χ0v) is 10.9. The molecule has 0 unspecified atom stereocenters. The summed E-state index contributed by atoms with van der Waals surface area (Å²) in [6, 6.07) is 5.73. The molecular weight excluding hydrogens is 232 g/mol. The summed E-state index contributed by atoms with van der Waals surface area (Å²) in [4.78, 5) is 22.3. The molecule has 0 heterocycles. The lowest BCUT2D eigenvalue weighted by atomic mass is 10.1. The molecule has 0 radical (unpaired) electrons. The van der Waals surface area contributed by atoms with Gasteiger partial charge in [0.15, 0.2) is 0 Å². The Balaban J connectivity index is 2.40. The number of methoxy groups -OCH3 is 1. The SMILES string of the molecule is COC(=O)NCCC(=O)Nc1ccc(C)c(C)c1. The zero-order chi connectivity index (χ0) is 13.5. The number of hydrogen-bond donors (Lipinski definition) is 2. The molecule has 0 aliphatic carbocycles. The van der Waals surface area contributed by atoms with Crippen LogP contribution in [0.25, 0.3) is 0 Å². The molecule has 18 heavy (non-hydrogen) atoms. The van der Waals surface area contributed by atoms with Crippen molar-refractivity contribution in [2.24, 2.45) is 0 Å². The predicted molar refractivity (Wildman–Crippen MR) is 69.6 cm³/mol. The molecule has 1 aromatic rings. The summed E-state index contributed by atoms with van der Waals surface area (Å²) in [5.74, 6) is -0.144. The number of ether oxygens (including phenoxy) is 1. The van der Waals surface area contributed by atoms with Crippen LogP contribution in [0.5, 0.6) is 0 Å². The Hall–Kier alpha value is -2.04. The van der Waals surface area contributed by atoms with Gasteiger partial charge in [0.05, 0.1) is 7.11 Å². The van der Waals surface area contributed by atoms with E-state index in [2.05, 4.69) is 15.4 Å². The lowest BCUT2D eigenvalue weighted by Gasteiger charge is -2.08. The average Bonchev–Trinajstić information content (AvgIpc) is 2.33. The molecule has 1 rings (SSSR count). The third-order valence-corrected chi connectivity index (χ3v) is 2.60. The third-order valence-electron chi connectivity index (χ3n) is 2.60. The van der Waals surface area contributed by atoms with Gasteiger partial charge in [-0.15, -0.1) is 0 Å². The van der Waals surface area contributed by atoms with Crippen LogP contribution in [0.4, 0.5) is 10.5 Å². The normalized spacial score (nSPS) is 9.72. The molecule has 2 amide bonds. The maximum absolute atomic E-state index is 11.6. The van der Waals surface area contributed by atoms with Gasteiger partial charge in [-0.2, -0.15) is 0 Å². The topological polar surface area (TPSA) is 67.4 Å². The second-order valence-electron chi connectivity index (χ2n) is 4.02. The standard InChI is InChI=1S/C13H18N2O3/c1-9-4-5-11(8-10(9)2)15-12(16)6-7-14-13(17)18-3/h4-5,8H,6-7H2,1-3H3,(H,14,17)(H,15,16). The van der Waals surface area contributed by atoms with Gasteiger partial charge in [0.1, 0.15) is 0 Å². The number of nitrogens with one attached hydrogen (secondary N) is 2. The molecule has 0 saturated carbocycles. The largest absolute Gasteiger partial charge is 0.453 e. The van der Waals surface area contributed by atoms with Gasteiger partial charge in [0.25, 0.3) is 0 Å². The average molecular weight is 250 g/mol. The summed E-state index contributed by atoms with van der Waals surface area (Å²) in [6.45, 7) is 4.26. The van der Waals surface area contributed by atoms with Crippen LogP contribution in [0.3, 0.4) is 0 Å². The van der Waals surface area contributed by atoms with Crippen molar-refractivity contribution in [3.8, 4) is 0 Å². The Morgan fingerprint density at radius 2 is 1.94 bits per heavy atom. The predicted octanol–water partition coefficient (Wildman–Crippen LogP) is 1.99. The van der Waals surface area contributed by atoms with Crippen molar-refractivity contribution in [1.82, 2.24) is 5.32 Å². The van der Waals surface area contributed by atoms with E-state index in [1.54, 1.807) is 0 Å². The third kappa shape index (κ3) is 4.45. The van der Waals surface area contributed by atoms with Crippen molar-refractivity contribution < 1.29 is 14.3 Å². The van der Waals surface area contributed by atoms with Crippen LogP contribution in [-0.2, 0) is 9.53 Å². The molecule has 0 atom stereocenters. The molecule has 5 nitrogen and oxygen atoms in total. The number of carbonyl (C=O) groups is 2. The molecule has 98 valence electrons. The lowest BCUT2D eigenvalue weighted by Crippen LogP contribution is -2.27. The fourth-order valence-electron chi connectivity index (χ4n) is 1.39. The number of amides is 2. The summed E-state index contributed by atoms with van der Waals surface area (Å²) in [5.41, 5.74) is 3.07. The molecule has 0 saturated heterocycles. The van der Waals surface area contributed by atoms with Crippen LogP contribution in [-0.4, -0.2) is 25.7 Å². The number of hydrogen-bond acceptors (Lipinski definition) is 3. The van der Waals surface area contributed by atoms with Crippen molar-refractivity contribution in [3.05, 3.63) is 29.3 Å². The Bertz CT molecular complexity index is 444. The van der Waals surface area contributed by atoms with E-state index in [1.807, 2.05) is 32.0 Å². The summed E-state index contributed by atoms with van der Waals surface area (Å²) in [6.07, 6.45) is -0.323. The van der Waals surface area contributed by atoms with Gasteiger partial charge >= 0.3 is 6.09 Å². The summed E-state index contributed by atoms with van der Waals surface area (Å²) < 4.78 is 4.40. The molecule has 1 aromatic carbocycles. The van der Waals surface area contributed by atoms with E-state index in [1.165, 1.54) is 12.7 Å². The van der Waals surface area contributed by atoms with E-state index >= 15 is 0 Å². The maximum atomic E-state index is 11.6. The lowest BCUT2D eigenvalue weighted by molar-refractivity contribution is -0.116. The van der Waals surface area contributed by atoms with Crippen molar-refractivity contribution in [2.75, 3.05) is 19.0 Å². The number of aryl methyl sites for hydroxylation is 2. The first kappa shape index (κ1) is 14.0. The van der Waals surface area contributed by atoms with Crippen molar-refractivity contribution in [1.29, 1.82) is 0 Å². The fourth-order valence-corrected chi connectivity index (χ4v) is 1.39. The van der Waals surface area contributed by atoms with E-state index < -0.39 is 6.09 Å². The Morgan fingerprint density at radius 1 is 1.22 bits per heavy atom. The van der Waals surface area contributed by atoms with Crippen LogP contribution in [0.15, 0.2) is 18.2 Å². The van der Waals surface area contributed by atoms with Crippen molar-refractivity contribution in [3.63, 3.8) is 0 Å². The van der Waals surface area contributed by atoms with Gasteiger partial charge in [-0.25, -0.2) is 4.79 Å². The minimum Gasteiger partial charge on any atom is -0.453 e. The molecule has 0 aliphatic rings. The summed E-state index contributed by atoms with van der Waals surface area (Å²) in [5, 5.41) is 5.22. The fraction of sp³-hybridized carbons (Fsp3) is 0.385. The van der Waals surface area contributed by atoms with Crippen molar-refractivity contribution >= 4 is 17.7 Å². The van der Waals surface area contributed by atoms with E-state index in [0.717, 1.165) is 11.3 Å². The quantitative estimate of drug-likeness (QED) is 0.858. The van der Waals surface area contributed by atoms with E-state index in [9.17, 15) is 9.59 Å². The highest BCUT2D eigenvalue weighted by atomic mass is 16.5. The Labute approximate surface area is 107 Å². The maximum Gasteiger partial charge on any atom is 0.406 e. The Morgan fingerprint density at radius 3 is 2.56 bits per heavy atom. The molecule has 2 N–H and O–H groups in total. The molecule has 0 spiro atoms. The first-order chi connectivity index (χ1) is 8.52. The number of alkyl carbamates (subject to hydrolysis) is 1. The monoisotopic (exact) mass is 250 g/mol. The van der Waals surface area contributed by atoms with E-state index in [-0.39, 0.29) is 18.9 Å². The van der Waals surface area contributed by atoms with Gasteiger partial charge < -0.3 is 15.4 Å². The smallest absolute Gasteiger partial charge is 0.406 e. The molecule has 5 heteroatoms. The summed E-state index contributed by atoms with van der Waals surface area (Å²) >= 11 is 0. The van der Waals surface area contributed by atoms with Gasteiger partial charge in [-0.3, -0.25) is 4.79 Å². The molecule has 0 aromatic heterocycles. The molecule has 0 bridgehead atoms. The number of anilines is 1.